The summed E-state index contributed by atoms with van der Waals surface area (Å²) >= 11 is 0. The van der Waals surface area contributed by atoms with Crippen LogP contribution in [0.1, 0.15) is 13.3 Å². The summed E-state index contributed by atoms with van der Waals surface area (Å²) in [6, 6.07) is 0. The van der Waals surface area contributed by atoms with Crippen molar-refractivity contribution >= 4 is 0 Å². The zero-order valence-corrected chi connectivity index (χ0v) is 8.91. The summed E-state index contributed by atoms with van der Waals surface area (Å²) in [6.45, 7) is 4.19. The van der Waals surface area contributed by atoms with Gasteiger partial charge >= 0.3 is 12.4 Å². The number of alkyl halides is 6. The Bertz CT molecular complexity index is 345. The molecule has 98 valence electrons. The van der Waals surface area contributed by atoms with Crippen molar-refractivity contribution in [2.45, 2.75) is 25.7 Å². The van der Waals surface area contributed by atoms with E-state index >= 15 is 0 Å². The fraction of sp³-hybridized carbons (Fsp3) is 0.400. The van der Waals surface area contributed by atoms with E-state index in [9.17, 15) is 26.3 Å². The minimum absolute atomic E-state index is 0.470. The smallest absolute Gasteiger partial charge is 0.394 e. The van der Waals surface area contributed by atoms with E-state index in [1.54, 1.807) is 0 Å². The first-order valence-corrected chi connectivity index (χ1v) is 4.51. The predicted octanol–water partition coefficient (Wildman–Crippen LogP) is 3.85. The van der Waals surface area contributed by atoms with Crippen molar-refractivity contribution in [3.05, 3.63) is 35.6 Å². The standard InChI is InChI=1S/C10H11F6N/c1-3-5-7(9(11,12)13)6(4-2)8(17)10(14,15)16/h3,5H,1,4,17H2,2H3/b7-5+,8-6-. The van der Waals surface area contributed by atoms with Crippen molar-refractivity contribution in [3.8, 4) is 0 Å². The van der Waals surface area contributed by atoms with Gasteiger partial charge in [-0.15, -0.1) is 0 Å². The third-order valence-electron chi connectivity index (χ3n) is 1.90. The normalized spacial score (nSPS) is 15.6. The van der Waals surface area contributed by atoms with E-state index in [1.165, 1.54) is 0 Å². The maximum atomic E-state index is 12.5. The molecule has 0 aromatic rings. The van der Waals surface area contributed by atoms with Crippen LogP contribution >= 0.6 is 0 Å². The average molecular weight is 259 g/mol. The lowest BCUT2D eigenvalue weighted by molar-refractivity contribution is -0.0982. The van der Waals surface area contributed by atoms with Gasteiger partial charge < -0.3 is 5.73 Å². The molecule has 2 N–H and O–H groups in total. The van der Waals surface area contributed by atoms with Crippen molar-refractivity contribution in [1.29, 1.82) is 0 Å². The van der Waals surface area contributed by atoms with Gasteiger partial charge in [0.25, 0.3) is 0 Å². The number of halogens is 6. The molecule has 0 amide bonds. The largest absolute Gasteiger partial charge is 0.430 e. The Morgan fingerprint density at radius 3 is 1.82 bits per heavy atom. The van der Waals surface area contributed by atoms with Crippen molar-refractivity contribution < 1.29 is 26.3 Å². The fourth-order valence-electron chi connectivity index (χ4n) is 1.18. The van der Waals surface area contributed by atoms with Crippen LogP contribution in [0.4, 0.5) is 26.3 Å². The molecule has 0 rings (SSSR count). The average Bonchev–Trinajstić information content (AvgIpc) is 2.14. The highest BCUT2D eigenvalue weighted by atomic mass is 19.4. The van der Waals surface area contributed by atoms with Crippen LogP contribution in [-0.2, 0) is 0 Å². The summed E-state index contributed by atoms with van der Waals surface area (Å²) in [5.41, 5.74) is 0.574. The molecule has 0 aliphatic carbocycles. The van der Waals surface area contributed by atoms with Gasteiger partial charge in [0.1, 0.15) is 5.70 Å². The molecule has 0 fully saturated rings. The summed E-state index contributed by atoms with van der Waals surface area (Å²) in [4.78, 5) is 0. The van der Waals surface area contributed by atoms with Gasteiger partial charge in [0.15, 0.2) is 0 Å². The molecular formula is C10H11F6N. The van der Waals surface area contributed by atoms with E-state index in [1.807, 2.05) is 0 Å². The van der Waals surface area contributed by atoms with Crippen molar-refractivity contribution in [3.63, 3.8) is 0 Å². The highest BCUT2D eigenvalue weighted by Gasteiger charge is 2.41. The second kappa shape index (κ2) is 5.29. The van der Waals surface area contributed by atoms with E-state index in [0.717, 1.165) is 13.0 Å². The summed E-state index contributed by atoms with van der Waals surface area (Å²) < 4.78 is 74.4. The first-order valence-electron chi connectivity index (χ1n) is 4.51. The van der Waals surface area contributed by atoms with Gasteiger partial charge in [-0.3, -0.25) is 0 Å². The van der Waals surface area contributed by atoms with Gasteiger partial charge in [0.2, 0.25) is 0 Å². The first kappa shape index (κ1) is 15.6. The lowest BCUT2D eigenvalue weighted by Crippen LogP contribution is -2.25. The van der Waals surface area contributed by atoms with E-state index < -0.39 is 35.6 Å². The molecule has 17 heavy (non-hydrogen) atoms. The lowest BCUT2D eigenvalue weighted by Gasteiger charge is -2.18. The molecule has 0 aromatic carbocycles. The quantitative estimate of drug-likeness (QED) is 0.604. The van der Waals surface area contributed by atoms with Crippen LogP contribution in [0.25, 0.3) is 0 Å². The molecule has 0 spiro atoms. The zero-order chi connectivity index (χ0) is 13.9. The predicted molar refractivity (Wildman–Crippen MR) is 51.9 cm³/mol. The lowest BCUT2D eigenvalue weighted by atomic mass is 10.00. The molecule has 0 saturated carbocycles. The summed E-state index contributed by atoms with van der Waals surface area (Å²) in [5.74, 6) is 0. The highest BCUT2D eigenvalue weighted by molar-refractivity contribution is 5.40. The molecule has 0 aliphatic rings. The van der Waals surface area contributed by atoms with E-state index in [2.05, 4.69) is 6.58 Å². The number of hydrogen-bond donors (Lipinski definition) is 1. The number of hydrogen-bond acceptors (Lipinski definition) is 1. The Kier molecular flexibility index (Phi) is 4.85. The molecule has 0 aliphatic heterocycles. The first-order chi connectivity index (χ1) is 7.55. The molecule has 0 aromatic heterocycles. The molecule has 0 saturated heterocycles. The fourth-order valence-corrected chi connectivity index (χ4v) is 1.18. The summed E-state index contributed by atoms with van der Waals surface area (Å²) in [5, 5.41) is 0. The maximum Gasteiger partial charge on any atom is 0.430 e. The van der Waals surface area contributed by atoms with Gasteiger partial charge in [0, 0.05) is 0 Å². The third-order valence-corrected chi connectivity index (χ3v) is 1.90. The monoisotopic (exact) mass is 259 g/mol. The Morgan fingerprint density at radius 1 is 1.12 bits per heavy atom. The van der Waals surface area contributed by atoms with Gasteiger partial charge in [-0.05, 0) is 12.0 Å². The summed E-state index contributed by atoms with van der Waals surface area (Å²) in [7, 11) is 0. The van der Waals surface area contributed by atoms with Crippen molar-refractivity contribution in [2.75, 3.05) is 0 Å². The molecule has 0 heterocycles. The second-order valence-electron chi connectivity index (χ2n) is 3.06. The van der Waals surface area contributed by atoms with Crippen LogP contribution in [0.3, 0.4) is 0 Å². The molecule has 0 radical (unpaired) electrons. The Hall–Kier alpha value is -1.40. The van der Waals surface area contributed by atoms with E-state index in [-0.39, 0.29) is 0 Å². The van der Waals surface area contributed by atoms with Crippen LogP contribution in [0.5, 0.6) is 0 Å². The van der Waals surface area contributed by atoms with Gasteiger partial charge in [-0.25, -0.2) is 0 Å². The minimum atomic E-state index is -4.99. The van der Waals surface area contributed by atoms with Crippen LogP contribution in [0.2, 0.25) is 0 Å². The third kappa shape index (κ3) is 4.16. The Labute approximate surface area is 94.3 Å². The number of rotatable bonds is 3. The molecule has 0 unspecified atom stereocenters. The van der Waals surface area contributed by atoms with Crippen molar-refractivity contribution in [2.24, 2.45) is 5.73 Å². The minimum Gasteiger partial charge on any atom is -0.394 e. The highest BCUT2D eigenvalue weighted by Crippen LogP contribution is 2.37. The summed E-state index contributed by atoms with van der Waals surface area (Å²) in [6.07, 6.45) is -9.14. The van der Waals surface area contributed by atoms with Crippen LogP contribution in [0, 0.1) is 0 Å². The van der Waals surface area contributed by atoms with Crippen LogP contribution in [-0.4, -0.2) is 12.4 Å². The molecular weight excluding hydrogens is 248 g/mol. The Balaban J connectivity index is 5.82. The molecule has 1 nitrogen and oxygen atoms in total. The SMILES string of the molecule is C=C/C=C(\C(CC)=C(/N)C(F)(F)F)C(F)(F)F. The van der Waals surface area contributed by atoms with Gasteiger partial charge in [-0.1, -0.05) is 25.7 Å². The number of nitrogens with two attached hydrogens (primary N) is 1. The molecule has 0 atom stereocenters. The van der Waals surface area contributed by atoms with Gasteiger partial charge in [-0.2, -0.15) is 26.3 Å². The van der Waals surface area contributed by atoms with E-state index in [0.29, 0.717) is 6.08 Å². The number of allylic oxidation sites excluding steroid dienone is 5. The second-order valence-corrected chi connectivity index (χ2v) is 3.06. The molecule has 0 bridgehead atoms. The van der Waals surface area contributed by atoms with Gasteiger partial charge in [0.05, 0.1) is 5.57 Å². The van der Waals surface area contributed by atoms with Crippen LogP contribution in [0.15, 0.2) is 35.6 Å². The maximum absolute atomic E-state index is 12.5. The topological polar surface area (TPSA) is 26.0 Å². The van der Waals surface area contributed by atoms with E-state index in [4.69, 9.17) is 5.73 Å². The Morgan fingerprint density at radius 2 is 1.59 bits per heavy atom. The molecule has 7 heteroatoms. The van der Waals surface area contributed by atoms with Crippen molar-refractivity contribution in [1.82, 2.24) is 0 Å². The zero-order valence-electron chi connectivity index (χ0n) is 8.91. The van der Waals surface area contributed by atoms with Crippen LogP contribution < -0.4 is 5.73 Å².